The number of anilines is 1. The summed E-state index contributed by atoms with van der Waals surface area (Å²) in [6.07, 6.45) is 1.93. The molecular formula is C23H29N3O5. The first kappa shape index (κ1) is 22.4. The molecule has 0 unspecified atom stereocenters. The molecule has 0 bridgehead atoms. The second-order valence-corrected chi connectivity index (χ2v) is 8.52. The molecule has 166 valence electrons. The quantitative estimate of drug-likeness (QED) is 0.791. The summed E-state index contributed by atoms with van der Waals surface area (Å²) in [5.74, 6) is 0. The van der Waals surface area contributed by atoms with Crippen LogP contribution in [0.4, 0.5) is 15.3 Å². The lowest BCUT2D eigenvalue weighted by Crippen LogP contribution is -2.41. The normalized spacial score (nSPS) is 14.7. The number of carbonyl (C=O) groups is 2. The average Bonchev–Trinajstić information content (AvgIpc) is 2.73. The van der Waals surface area contributed by atoms with Crippen molar-refractivity contribution in [3.05, 3.63) is 64.6 Å². The molecule has 0 radical (unpaired) electrons. The number of piperidine rings is 1. The van der Waals surface area contributed by atoms with Gasteiger partial charge in [0.1, 0.15) is 17.9 Å². The zero-order valence-corrected chi connectivity index (χ0v) is 18.2. The van der Waals surface area contributed by atoms with Gasteiger partial charge in [0, 0.05) is 25.3 Å². The van der Waals surface area contributed by atoms with Crippen LogP contribution in [0.3, 0.4) is 0 Å². The Bertz CT molecular complexity index is 957. The fourth-order valence-electron chi connectivity index (χ4n) is 3.44. The van der Waals surface area contributed by atoms with Crippen LogP contribution in [0.2, 0.25) is 0 Å². The van der Waals surface area contributed by atoms with Crippen LogP contribution in [0.25, 0.3) is 0 Å². The van der Waals surface area contributed by atoms with Crippen molar-refractivity contribution in [2.24, 2.45) is 0 Å². The van der Waals surface area contributed by atoms with Crippen molar-refractivity contribution in [3.8, 4) is 0 Å². The topological polar surface area (TPSA) is 89.9 Å². The molecule has 1 aliphatic rings. The summed E-state index contributed by atoms with van der Waals surface area (Å²) < 4.78 is 12.2. The van der Waals surface area contributed by atoms with Gasteiger partial charge in [-0.05, 0) is 51.3 Å². The second kappa shape index (κ2) is 9.68. The minimum absolute atomic E-state index is 0.0638. The lowest BCUT2D eigenvalue weighted by Gasteiger charge is -2.32. The van der Waals surface area contributed by atoms with Crippen molar-refractivity contribution in [1.82, 2.24) is 9.47 Å². The number of likely N-dealkylation sites (tertiary alicyclic amines) is 1. The van der Waals surface area contributed by atoms with Gasteiger partial charge >= 0.3 is 12.2 Å². The monoisotopic (exact) mass is 427 g/mol. The Kier molecular flexibility index (Phi) is 6.99. The Morgan fingerprint density at radius 3 is 2.39 bits per heavy atom. The first-order valence-corrected chi connectivity index (χ1v) is 10.4. The highest BCUT2D eigenvalue weighted by Crippen LogP contribution is 2.22. The van der Waals surface area contributed by atoms with E-state index in [1.54, 1.807) is 48.6 Å². The van der Waals surface area contributed by atoms with Crippen LogP contribution in [-0.2, 0) is 16.1 Å². The lowest BCUT2D eigenvalue weighted by molar-refractivity contribution is 0.0634. The van der Waals surface area contributed by atoms with Gasteiger partial charge in [0.05, 0.1) is 0 Å². The number of pyridine rings is 1. The summed E-state index contributed by atoms with van der Waals surface area (Å²) >= 11 is 0. The molecule has 1 aliphatic heterocycles. The van der Waals surface area contributed by atoms with Crippen LogP contribution in [0.15, 0.2) is 53.5 Å². The number of hydrogen-bond donors (Lipinski definition) is 1. The number of nitrogens with zero attached hydrogens (tertiary/aromatic N) is 2. The number of nitrogens with one attached hydrogen (secondary N) is 1. The van der Waals surface area contributed by atoms with Crippen molar-refractivity contribution in [2.75, 3.05) is 18.4 Å². The van der Waals surface area contributed by atoms with Crippen molar-refractivity contribution in [2.45, 2.75) is 51.9 Å². The summed E-state index contributed by atoms with van der Waals surface area (Å²) in [5, 5.41) is 2.53. The predicted octanol–water partition coefficient (Wildman–Crippen LogP) is 4.17. The molecule has 1 fully saturated rings. The largest absolute Gasteiger partial charge is 0.445 e. The Balaban J connectivity index is 1.56. The molecule has 2 heterocycles. The molecule has 1 aromatic carbocycles. The SMILES string of the molecule is CC(C)(C)OC(=O)Nc1cccn(C2CCN(C(=O)OCc3ccccc3)CC2)c1=O. The maximum atomic E-state index is 12.8. The minimum atomic E-state index is -0.668. The number of hydrogen-bond acceptors (Lipinski definition) is 5. The molecule has 0 atom stereocenters. The Morgan fingerprint density at radius 1 is 1.06 bits per heavy atom. The van der Waals surface area contributed by atoms with Gasteiger partial charge in [-0.15, -0.1) is 0 Å². The molecular weight excluding hydrogens is 398 g/mol. The maximum Gasteiger partial charge on any atom is 0.412 e. The Morgan fingerprint density at radius 2 is 1.74 bits per heavy atom. The molecule has 1 saturated heterocycles. The third-order valence-corrected chi connectivity index (χ3v) is 4.93. The molecule has 31 heavy (non-hydrogen) atoms. The van der Waals surface area contributed by atoms with Gasteiger partial charge in [-0.2, -0.15) is 0 Å². The van der Waals surface area contributed by atoms with Gasteiger partial charge in [-0.25, -0.2) is 9.59 Å². The van der Waals surface area contributed by atoms with Crippen LogP contribution < -0.4 is 10.9 Å². The lowest BCUT2D eigenvalue weighted by atomic mass is 10.0. The molecule has 3 rings (SSSR count). The highest BCUT2D eigenvalue weighted by Gasteiger charge is 2.26. The van der Waals surface area contributed by atoms with Gasteiger partial charge < -0.3 is 18.9 Å². The molecule has 0 spiro atoms. The zero-order valence-electron chi connectivity index (χ0n) is 18.2. The smallest absolute Gasteiger partial charge is 0.412 e. The van der Waals surface area contributed by atoms with Crippen LogP contribution in [0.5, 0.6) is 0 Å². The molecule has 2 aromatic rings. The highest BCUT2D eigenvalue weighted by molar-refractivity contribution is 5.84. The summed E-state index contributed by atoms with van der Waals surface area (Å²) in [5.41, 5.74) is 0.159. The maximum absolute atomic E-state index is 12.8. The van der Waals surface area contributed by atoms with Crippen molar-refractivity contribution in [3.63, 3.8) is 0 Å². The van der Waals surface area contributed by atoms with Crippen LogP contribution >= 0.6 is 0 Å². The molecule has 8 heteroatoms. The van der Waals surface area contributed by atoms with Gasteiger partial charge in [0.2, 0.25) is 0 Å². The molecule has 1 N–H and O–H groups in total. The van der Waals surface area contributed by atoms with E-state index in [2.05, 4.69) is 5.32 Å². The molecule has 2 amide bonds. The first-order valence-electron chi connectivity index (χ1n) is 10.4. The van der Waals surface area contributed by atoms with Crippen LogP contribution in [0.1, 0.15) is 45.2 Å². The number of rotatable bonds is 4. The number of aromatic nitrogens is 1. The summed E-state index contributed by atoms with van der Waals surface area (Å²) in [6.45, 7) is 6.50. The molecule has 0 aliphatic carbocycles. The van der Waals surface area contributed by atoms with Crippen molar-refractivity contribution in [1.29, 1.82) is 0 Å². The van der Waals surface area contributed by atoms with E-state index >= 15 is 0 Å². The fourth-order valence-corrected chi connectivity index (χ4v) is 3.44. The van der Waals surface area contributed by atoms with E-state index in [4.69, 9.17) is 9.47 Å². The molecule has 0 saturated carbocycles. The Hall–Kier alpha value is -3.29. The van der Waals surface area contributed by atoms with E-state index in [0.717, 1.165) is 5.56 Å². The van der Waals surface area contributed by atoms with Gasteiger partial charge in [0.25, 0.3) is 5.56 Å². The number of carbonyl (C=O) groups excluding carboxylic acids is 2. The third-order valence-electron chi connectivity index (χ3n) is 4.93. The fraction of sp³-hybridized carbons (Fsp3) is 0.435. The second-order valence-electron chi connectivity index (χ2n) is 8.52. The number of benzene rings is 1. The van der Waals surface area contributed by atoms with E-state index in [1.807, 2.05) is 30.3 Å². The number of amides is 2. The Labute approximate surface area is 181 Å². The minimum Gasteiger partial charge on any atom is -0.445 e. The average molecular weight is 428 g/mol. The third kappa shape index (κ3) is 6.34. The van der Waals surface area contributed by atoms with E-state index < -0.39 is 11.7 Å². The predicted molar refractivity (Wildman–Crippen MR) is 117 cm³/mol. The van der Waals surface area contributed by atoms with Crippen molar-refractivity contribution < 1.29 is 19.1 Å². The van der Waals surface area contributed by atoms with E-state index in [0.29, 0.717) is 25.9 Å². The summed E-state index contributed by atoms with van der Waals surface area (Å²) in [7, 11) is 0. The standard InChI is InChI=1S/C23H29N3O5/c1-23(2,3)31-21(28)24-19-10-7-13-26(20(19)27)18-11-14-25(15-12-18)22(29)30-16-17-8-5-4-6-9-17/h4-10,13,18H,11-12,14-16H2,1-3H3,(H,24,28). The molecule has 8 nitrogen and oxygen atoms in total. The van der Waals surface area contributed by atoms with Crippen LogP contribution in [0, 0.1) is 0 Å². The molecule has 1 aromatic heterocycles. The van der Waals surface area contributed by atoms with Gasteiger partial charge in [-0.3, -0.25) is 10.1 Å². The zero-order chi connectivity index (χ0) is 22.4. The van der Waals surface area contributed by atoms with Crippen LogP contribution in [-0.4, -0.2) is 40.3 Å². The number of ether oxygens (including phenoxy) is 2. The summed E-state index contributed by atoms with van der Waals surface area (Å²) in [4.78, 5) is 38.8. The first-order chi connectivity index (χ1) is 14.7. The summed E-state index contributed by atoms with van der Waals surface area (Å²) in [6, 6.07) is 12.7. The van der Waals surface area contributed by atoms with Gasteiger partial charge in [-0.1, -0.05) is 30.3 Å². The van der Waals surface area contributed by atoms with Gasteiger partial charge in [0.15, 0.2) is 0 Å². The van der Waals surface area contributed by atoms with Crippen molar-refractivity contribution >= 4 is 17.9 Å². The van der Waals surface area contributed by atoms with E-state index in [9.17, 15) is 14.4 Å². The van der Waals surface area contributed by atoms with E-state index in [1.165, 1.54) is 0 Å². The van der Waals surface area contributed by atoms with E-state index in [-0.39, 0.29) is 30.0 Å². The highest BCUT2D eigenvalue weighted by atomic mass is 16.6.